The number of carboxylic acids is 1. The second-order valence-corrected chi connectivity index (χ2v) is 4.57. The van der Waals surface area contributed by atoms with E-state index >= 15 is 0 Å². The molecule has 1 unspecified atom stereocenters. The summed E-state index contributed by atoms with van der Waals surface area (Å²) in [5, 5.41) is 21.5. The fourth-order valence-corrected chi connectivity index (χ4v) is 1.43. The maximum atomic E-state index is 13.4. The number of nitrogens with one attached hydrogen (secondary N) is 1. The van der Waals surface area contributed by atoms with Gasteiger partial charge in [0.2, 0.25) is 0 Å². The van der Waals surface area contributed by atoms with Crippen LogP contribution in [0.4, 0.5) is 4.39 Å². The van der Waals surface area contributed by atoms with Crippen molar-refractivity contribution < 1.29 is 19.4 Å². The van der Waals surface area contributed by atoms with Crippen LogP contribution in [0.15, 0.2) is 18.2 Å². The number of hydrogen-bond acceptors (Lipinski definition) is 3. The van der Waals surface area contributed by atoms with Gasteiger partial charge in [0.05, 0.1) is 11.2 Å². The van der Waals surface area contributed by atoms with Gasteiger partial charge in [-0.25, -0.2) is 9.18 Å². The van der Waals surface area contributed by atoms with Crippen molar-refractivity contribution in [2.75, 3.05) is 6.54 Å². The highest BCUT2D eigenvalue weighted by Gasteiger charge is 2.17. The lowest BCUT2D eigenvalue weighted by atomic mass is 10.0. The van der Waals surface area contributed by atoms with E-state index in [0.29, 0.717) is 13.0 Å². The van der Waals surface area contributed by atoms with Crippen molar-refractivity contribution in [3.8, 4) is 0 Å². The van der Waals surface area contributed by atoms with Crippen molar-refractivity contribution in [1.29, 1.82) is 0 Å². The molecule has 100 valence electrons. The van der Waals surface area contributed by atoms with Crippen LogP contribution in [0.25, 0.3) is 0 Å². The lowest BCUT2D eigenvalue weighted by molar-refractivity contribution is 0.0554. The van der Waals surface area contributed by atoms with Crippen LogP contribution in [0.5, 0.6) is 0 Å². The predicted octanol–water partition coefficient (Wildman–Crippen LogP) is 1.77. The third kappa shape index (κ3) is 4.09. The Hall–Kier alpha value is -1.46. The highest BCUT2D eigenvalue weighted by Crippen LogP contribution is 2.12. The number of halogens is 1. The van der Waals surface area contributed by atoms with Crippen molar-refractivity contribution in [2.24, 2.45) is 0 Å². The molecule has 0 radical (unpaired) electrons. The topological polar surface area (TPSA) is 69.6 Å². The Morgan fingerprint density at radius 1 is 1.50 bits per heavy atom. The molecule has 0 amide bonds. The molecule has 0 spiro atoms. The number of hydrogen-bond donors (Lipinski definition) is 3. The van der Waals surface area contributed by atoms with E-state index in [1.807, 2.05) is 6.92 Å². The highest BCUT2D eigenvalue weighted by atomic mass is 19.1. The Bertz CT molecular complexity index is 432. The molecule has 4 nitrogen and oxygen atoms in total. The molecular formula is C13H18FNO3. The molecule has 1 atom stereocenters. The van der Waals surface area contributed by atoms with Gasteiger partial charge >= 0.3 is 5.97 Å². The van der Waals surface area contributed by atoms with E-state index in [-0.39, 0.29) is 17.7 Å². The molecular weight excluding hydrogens is 237 g/mol. The van der Waals surface area contributed by atoms with Crippen LogP contribution in [-0.4, -0.2) is 28.3 Å². The Morgan fingerprint density at radius 3 is 2.72 bits per heavy atom. The average Bonchev–Trinajstić information content (AvgIpc) is 2.31. The molecule has 0 saturated heterocycles. The van der Waals surface area contributed by atoms with Crippen LogP contribution in [0.1, 0.15) is 36.2 Å². The first-order valence-corrected chi connectivity index (χ1v) is 5.80. The van der Waals surface area contributed by atoms with Crippen molar-refractivity contribution in [3.63, 3.8) is 0 Å². The van der Waals surface area contributed by atoms with Crippen LogP contribution in [0.2, 0.25) is 0 Å². The number of carboxylic acid groups (broad SMARTS) is 1. The van der Waals surface area contributed by atoms with Gasteiger partial charge in [-0.1, -0.05) is 6.92 Å². The quantitative estimate of drug-likeness (QED) is 0.724. The van der Waals surface area contributed by atoms with Gasteiger partial charge in [-0.05, 0) is 31.5 Å². The Labute approximate surface area is 105 Å². The van der Waals surface area contributed by atoms with Gasteiger partial charge in [0.1, 0.15) is 5.82 Å². The normalized spacial score (nSPS) is 14.2. The maximum Gasteiger partial charge on any atom is 0.335 e. The van der Waals surface area contributed by atoms with Crippen molar-refractivity contribution in [2.45, 2.75) is 32.4 Å². The maximum absolute atomic E-state index is 13.4. The molecule has 1 aromatic carbocycles. The first-order chi connectivity index (χ1) is 8.35. The van der Waals surface area contributed by atoms with Crippen LogP contribution in [0, 0.1) is 5.82 Å². The van der Waals surface area contributed by atoms with E-state index in [1.165, 1.54) is 12.1 Å². The van der Waals surface area contributed by atoms with Crippen molar-refractivity contribution in [1.82, 2.24) is 5.32 Å². The molecule has 0 fully saturated rings. The number of rotatable bonds is 6. The minimum atomic E-state index is -1.09. The molecule has 18 heavy (non-hydrogen) atoms. The number of aromatic carboxylic acids is 1. The van der Waals surface area contributed by atoms with Crippen LogP contribution in [0.3, 0.4) is 0 Å². The van der Waals surface area contributed by atoms with E-state index in [0.717, 1.165) is 6.07 Å². The van der Waals surface area contributed by atoms with Crippen LogP contribution < -0.4 is 5.32 Å². The summed E-state index contributed by atoms with van der Waals surface area (Å²) in [6.45, 7) is 4.04. The van der Waals surface area contributed by atoms with Gasteiger partial charge < -0.3 is 15.5 Å². The fourth-order valence-electron chi connectivity index (χ4n) is 1.43. The molecule has 0 saturated carbocycles. The average molecular weight is 255 g/mol. The van der Waals surface area contributed by atoms with E-state index in [9.17, 15) is 14.3 Å². The molecule has 0 aromatic heterocycles. The van der Waals surface area contributed by atoms with E-state index in [4.69, 9.17) is 5.11 Å². The molecule has 0 aliphatic heterocycles. The summed E-state index contributed by atoms with van der Waals surface area (Å²) >= 11 is 0. The van der Waals surface area contributed by atoms with Crippen LogP contribution >= 0.6 is 0 Å². The summed E-state index contributed by atoms with van der Waals surface area (Å²) in [6.07, 6.45) is 0.581. The van der Waals surface area contributed by atoms with Gasteiger partial charge in [0.25, 0.3) is 0 Å². The number of benzene rings is 1. The van der Waals surface area contributed by atoms with E-state index < -0.39 is 17.4 Å². The van der Waals surface area contributed by atoms with E-state index in [1.54, 1.807) is 6.92 Å². The number of aliphatic hydroxyl groups is 1. The second-order valence-electron chi connectivity index (χ2n) is 4.57. The summed E-state index contributed by atoms with van der Waals surface area (Å²) in [7, 11) is 0. The molecule has 0 heterocycles. The molecule has 1 rings (SSSR count). The first-order valence-electron chi connectivity index (χ1n) is 5.80. The van der Waals surface area contributed by atoms with Gasteiger partial charge in [-0.15, -0.1) is 0 Å². The smallest absolute Gasteiger partial charge is 0.335 e. The fraction of sp³-hybridized carbons (Fsp3) is 0.462. The van der Waals surface area contributed by atoms with Gasteiger partial charge in [0, 0.05) is 18.7 Å². The van der Waals surface area contributed by atoms with Gasteiger partial charge in [-0.3, -0.25) is 0 Å². The zero-order chi connectivity index (χ0) is 13.8. The summed E-state index contributed by atoms with van der Waals surface area (Å²) in [4.78, 5) is 10.8. The van der Waals surface area contributed by atoms with E-state index in [2.05, 4.69) is 5.32 Å². The van der Waals surface area contributed by atoms with Gasteiger partial charge in [-0.2, -0.15) is 0 Å². The third-order valence-electron chi connectivity index (χ3n) is 2.88. The Morgan fingerprint density at radius 2 is 2.17 bits per heavy atom. The molecule has 3 N–H and O–H groups in total. The monoisotopic (exact) mass is 255 g/mol. The molecule has 0 bridgehead atoms. The summed E-state index contributed by atoms with van der Waals surface area (Å²) < 4.78 is 13.4. The van der Waals surface area contributed by atoms with Crippen molar-refractivity contribution in [3.05, 3.63) is 35.1 Å². The minimum Gasteiger partial charge on any atom is -0.478 e. The predicted molar refractivity (Wildman–Crippen MR) is 66.0 cm³/mol. The Kier molecular flexibility index (Phi) is 4.81. The first kappa shape index (κ1) is 14.6. The highest BCUT2D eigenvalue weighted by molar-refractivity contribution is 5.87. The van der Waals surface area contributed by atoms with Crippen LogP contribution in [-0.2, 0) is 6.54 Å². The standard InChI is InChI=1S/C13H18FNO3/c1-3-13(2,18)8-15-7-10-6-9(12(16)17)4-5-11(10)14/h4-6,15,18H,3,7-8H2,1-2H3,(H,16,17). The third-order valence-corrected chi connectivity index (χ3v) is 2.88. The molecule has 1 aromatic rings. The lowest BCUT2D eigenvalue weighted by Crippen LogP contribution is -2.36. The molecule has 0 aliphatic rings. The number of carbonyl (C=O) groups is 1. The van der Waals surface area contributed by atoms with Gasteiger partial charge in [0.15, 0.2) is 0 Å². The summed E-state index contributed by atoms with van der Waals surface area (Å²) in [5.74, 6) is -1.54. The minimum absolute atomic E-state index is 0.0513. The Balaban J connectivity index is 2.67. The second kappa shape index (κ2) is 5.93. The zero-order valence-electron chi connectivity index (χ0n) is 10.5. The summed E-state index contributed by atoms with van der Waals surface area (Å²) in [6, 6.07) is 3.66. The molecule has 5 heteroatoms. The lowest BCUT2D eigenvalue weighted by Gasteiger charge is -2.21. The zero-order valence-corrected chi connectivity index (χ0v) is 10.5. The largest absolute Gasteiger partial charge is 0.478 e. The SMILES string of the molecule is CCC(C)(O)CNCc1cc(C(=O)O)ccc1F. The summed E-state index contributed by atoms with van der Waals surface area (Å²) in [5.41, 5.74) is -0.516. The molecule has 0 aliphatic carbocycles. The van der Waals surface area contributed by atoms with Crippen molar-refractivity contribution >= 4 is 5.97 Å².